The molecule has 2 N–H and O–H groups in total. The molecule has 0 saturated heterocycles. The number of hydrogen-bond donors (Lipinski definition) is 2. The summed E-state index contributed by atoms with van der Waals surface area (Å²) in [5.41, 5.74) is 1.42. The van der Waals surface area contributed by atoms with E-state index in [-0.39, 0.29) is 17.0 Å². The first-order chi connectivity index (χ1) is 12.8. The van der Waals surface area contributed by atoms with Crippen molar-refractivity contribution >= 4 is 39.5 Å². The van der Waals surface area contributed by atoms with Crippen LogP contribution in [0.2, 0.25) is 5.02 Å². The van der Waals surface area contributed by atoms with Gasteiger partial charge in [0.2, 0.25) is 0 Å². The molecule has 27 heavy (non-hydrogen) atoms. The fraction of sp³-hybridized carbons (Fsp3) is 0.316. The summed E-state index contributed by atoms with van der Waals surface area (Å²) >= 11 is 7.71. The summed E-state index contributed by atoms with van der Waals surface area (Å²) < 4.78 is 1.51. The summed E-state index contributed by atoms with van der Waals surface area (Å²) in [5, 5.41) is 8.35. The third-order valence-corrected chi connectivity index (χ3v) is 5.45. The number of anilines is 1. The number of amides is 1. The molecule has 3 aromatic rings. The van der Waals surface area contributed by atoms with Crippen molar-refractivity contribution in [1.29, 1.82) is 0 Å². The molecule has 2 heterocycles. The van der Waals surface area contributed by atoms with Crippen LogP contribution in [0.3, 0.4) is 0 Å². The highest BCUT2D eigenvalue weighted by Gasteiger charge is 2.20. The maximum Gasteiger partial charge on any atom is 0.258 e. The number of carbonyl (C=O) groups is 1. The molecular formula is C19H21ClN4O2S. The molecular weight excluding hydrogens is 384 g/mol. The fourth-order valence-electron chi connectivity index (χ4n) is 2.44. The molecule has 1 amide bonds. The molecule has 1 aromatic carbocycles. The normalized spacial score (nSPS) is 11.6. The van der Waals surface area contributed by atoms with Crippen LogP contribution in [0.4, 0.5) is 5.69 Å². The lowest BCUT2D eigenvalue weighted by Gasteiger charge is -2.24. The van der Waals surface area contributed by atoms with Crippen molar-refractivity contribution < 1.29 is 4.79 Å². The van der Waals surface area contributed by atoms with Gasteiger partial charge in [0.1, 0.15) is 0 Å². The minimum Gasteiger partial charge on any atom is -0.379 e. The SMILES string of the molecule is CCC(C)(C)NC(=O)c1ccc(NCc2cc(=O)n3ccsc3n2)cc1Cl. The maximum absolute atomic E-state index is 12.4. The predicted octanol–water partition coefficient (Wildman–Crippen LogP) is 3.94. The average molecular weight is 405 g/mol. The molecule has 0 atom stereocenters. The Morgan fingerprint density at radius 3 is 2.81 bits per heavy atom. The van der Waals surface area contributed by atoms with Crippen molar-refractivity contribution in [2.24, 2.45) is 0 Å². The number of hydrogen-bond acceptors (Lipinski definition) is 5. The van der Waals surface area contributed by atoms with Gasteiger partial charge < -0.3 is 10.6 Å². The lowest BCUT2D eigenvalue weighted by Crippen LogP contribution is -2.42. The molecule has 0 aliphatic carbocycles. The van der Waals surface area contributed by atoms with E-state index in [4.69, 9.17) is 11.6 Å². The van der Waals surface area contributed by atoms with Gasteiger partial charge >= 0.3 is 0 Å². The topological polar surface area (TPSA) is 75.5 Å². The van der Waals surface area contributed by atoms with Crippen LogP contribution in [0, 0.1) is 0 Å². The number of nitrogens with zero attached hydrogens (tertiary/aromatic N) is 2. The zero-order valence-electron chi connectivity index (χ0n) is 15.4. The number of carbonyl (C=O) groups excluding carboxylic acids is 1. The van der Waals surface area contributed by atoms with Crippen LogP contribution < -0.4 is 16.2 Å². The number of benzene rings is 1. The largest absolute Gasteiger partial charge is 0.379 e. The second-order valence-corrected chi connectivity index (χ2v) is 8.16. The Morgan fingerprint density at radius 2 is 2.11 bits per heavy atom. The molecule has 0 unspecified atom stereocenters. The van der Waals surface area contributed by atoms with Crippen LogP contribution in [-0.4, -0.2) is 20.8 Å². The van der Waals surface area contributed by atoms with E-state index < -0.39 is 0 Å². The fourth-order valence-corrected chi connectivity index (χ4v) is 3.45. The Labute approximate surface area is 166 Å². The Morgan fingerprint density at radius 1 is 1.33 bits per heavy atom. The molecule has 2 aromatic heterocycles. The van der Waals surface area contributed by atoms with Crippen molar-refractivity contribution in [1.82, 2.24) is 14.7 Å². The summed E-state index contributed by atoms with van der Waals surface area (Å²) in [6.45, 7) is 6.33. The van der Waals surface area contributed by atoms with E-state index in [1.165, 1.54) is 21.8 Å². The maximum atomic E-state index is 12.4. The van der Waals surface area contributed by atoms with Gasteiger partial charge in [-0.3, -0.25) is 14.0 Å². The predicted molar refractivity (Wildman–Crippen MR) is 110 cm³/mol. The number of halogens is 1. The second-order valence-electron chi connectivity index (χ2n) is 6.88. The highest BCUT2D eigenvalue weighted by Crippen LogP contribution is 2.22. The average Bonchev–Trinajstić information content (AvgIpc) is 3.08. The number of rotatable bonds is 6. The summed E-state index contributed by atoms with van der Waals surface area (Å²) in [6, 6.07) is 6.68. The van der Waals surface area contributed by atoms with Crippen LogP contribution in [-0.2, 0) is 6.54 Å². The van der Waals surface area contributed by atoms with E-state index in [9.17, 15) is 9.59 Å². The first-order valence-electron chi connectivity index (χ1n) is 8.61. The molecule has 0 aliphatic rings. The molecule has 6 nitrogen and oxygen atoms in total. The third kappa shape index (κ3) is 4.48. The molecule has 8 heteroatoms. The summed E-state index contributed by atoms with van der Waals surface area (Å²) in [5.74, 6) is -0.198. The van der Waals surface area contributed by atoms with Gasteiger partial charge in [-0.15, -0.1) is 11.3 Å². The Balaban J connectivity index is 1.71. The number of nitrogens with one attached hydrogen (secondary N) is 2. The monoisotopic (exact) mass is 404 g/mol. The van der Waals surface area contributed by atoms with Gasteiger partial charge in [-0.05, 0) is 38.5 Å². The lowest BCUT2D eigenvalue weighted by atomic mass is 10.0. The van der Waals surface area contributed by atoms with Crippen LogP contribution in [0.5, 0.6) is 0 Å². The summed E-state index contributed by atoms with van der Waals surface area (Å²) in [6.07, 6.45) is 2.52. The van der Waals surface area contributed by atoms with Gasteiger partial charge in [-0.25, -0.2) is 4.98 Å². The number of thiazole rings is 1. The van der Waals surface area contributed by atoms with Crippen LogP contribution in [0.25, 0.3) is 4.96 Å². The first kappa shape index (κ1) is 19.4. The zero-order valence-corrected chi connectivity index (χ0v) is 16.9. The van der Waals surface area contributed by atoms with Crippen LogP contribution in [0.1, 0.15) is 43.2 Å². The molecule has 0 saturated carbocycles. The van der Waals surface area contributed by atoms with Crippen LogP contribution in [0.15, 0.2) is 40.6 Å². The van der Waals surface area contributed by atoms with Gasteiger partial charge in [0.05, 0.1) is 22.8 Å². The van der Waals surface area contributed by atoms with Crippen molar-refractivity contribution in [3.05, 3.63) is 62.5 Å². The van der Waals surface area contributed by atoms with E-state index in [1.54, 1.807) is 24.4 Å². The molecule has 0 fully saturated rings. The Kier molecular flexibility index (Phi) is 5.53. The Bertz CT molecular complexity index is 1040. The molecule has 0 radical (unpaired) electrons. The molecule has 0 aliphatic heterocycles. The highest BCUT2D eigenvalue weighted by molar-refractivity contribution is 7.15. The molecule has 3 rings (SSSR count). The van der Waals surface area contributed by atoms with E-state index in [2.05, 4.69) is 15.6 Å². The summed E-state index contributed by atoms with van der Waals surface area (Å²) in [4.78, 5) is 29.5. The smallest absolute Gasteiger partial charge is 0.258 e. The van der Waals surface area contributed by atoms with Crippen molar-refractivity contribution in [3.8, 4) is 0 Å². The number of fused-ring (bicyclic) bond motifs is 1. The lowest BCUT2D eigenvalue weighted by molar-refractivity contribution is 0.0911. The van der Waals surface area contributed by atoms with E-state index >= 15 is 0 Å². The molecule has 142 valence electrons. The van der Waals surface area contributed by atoms with Gasteiger partial charge in [0.25, 0.3) is 11.5 Å². The van der Waals surface area contributed by atoms with Gasteiger partial charge in [-0.1, -0.05) is 18.5 Å². The quantitative estimate of drug-likeness (QED) is 0.652. The zero-order chi connectivity index (χ0) is 19.6. The highest BCUT2D eigenvalue weighted by atomic mass is 35.5. The minimum absolute atomic E-state index is 0.110. The third-order valence-electron chi connectivity index (χ3n) is 4.38. The first-order valence-corrected chi connectivity index (χ1v) is 9.86. The van der Waals surface area contributed by atoms with Crippen LogP contribution >= 0.6 is 22.9 Å². The van der Waals surface area contributed by atoms with Gasteiger partial charge in [0.15, 0.2) is 4.96 Å². The van der Waals surface area contributed by atoms with Crippen molar-refractivity contribution in [3.63, 3.8) is 0 Å². The van der Waals surface area contributed by atoms with E-state index in [0.717, 1.165) is 12.1 Å². The van der Waals surface area contributed by atoms with Gasteiger partial charge in [-0.2, -0.15) is 0 Å². The van der Waals surface area contributed by atoms with Crippen molar-refractivity contribution in [2.75, 3.05) is 5.32 Å². The van der Waals surface area contributed by atoms with E-state index in [0.29, 0.717) is 27.8 Å². The molecule has 0 spiro atoms. The standard InChI is InChI=1S/C19H21ClN4O2S/c1-4-19(2,3)23-17(26)14-6-5-12(9-15(14)20)21-11-13-10-16(25)24-7-8-27-18(24)22-13/h5-10,21H,4,11H2,1-3H3,(H,23,26). The van der Waals surface area contributed by atoms with E-state index in [1.807, 2.05) is 26.2 Å². The minimum atomic E-state index is -0.294. The second kappa shape index (κ2) is 7.70. The van der Waals surface area contributed by atoms with Gasteiger partial charge in [0, 0.05) is 28.9 Å². The van der Waals surface area contributed by atoms with Crippen molar-refractivity contribution in [2.45, 2.75) is 39.3 Å². The molecule has 0 bridgehead atoms. The number of aromatic nitrogens is 2. The summed E-state index contributed by atoms with van der Waals surface area (Å²) in [7, 11) is 0. The Hall–Kier alpha value is -2.38.